The molecule has 0 aliphatic heterocycles. The maximum Gasteiger partial charge on any atom is 0.200 e. The Morgan fingerprint density at radius 1 is 1.54 bits per heavy atom. The van der Waals surface area contributed by atoms with E-state index in [-0.39, 0.29) is 0 Å². The molecule has 0 saturated carbocycles. The fourth-order valence-corrected chi connectivity index (χ4v) is 1.27. The lowest BCUT2D eigenvalue weighted by molar-refractivity contribution is 0.397. The second kappa shape index (κ2) is 3.79. The van der Waals surface area contributed by atoms with Crippen molar-refractivity contribution in [1.29, 1.82) is 0 Å². The number of imidazole rings is 1. The summed E-state index contributed by atoms with van der Waals surface area (Å²) >= 11 is 0. The summed E-state index contributed by atoms with van der Waals surface area (Å²) in [4.78, 5) is 6.35. The molecular weight excluding hydrogens is 164 g/mol. The Balaban J connectivity index is 2.82. The van der Waals surface area contributed by atoms with Crippen LogP contribution in [0.15, 0.2) is 6.20 Å². The standard InChI is InChI=1S/C9H18N4/c1-7(2)13-6-8(5-12(3)4)11-9(13)10/h6-7H,5H2,1-4H3,(H2,10,11). The van der Waals surface area contributed by atoms with Crippen LogP contribution in [-0.4, -0.2) is 28.5 Å². The molecule has 0 aromatic carbocycles. The first-order valence-electron chi connectivity index (χ1n) is 4.48. The van der Waals surface area contributed by atoms with Crippen molar-refractivity contribution in [3.8, 4) is 0 Å². The Morgan fingerprint density at radius 3 is 2.54 bits per heavy atom. The van der Waals surface area contributed by atoms with Crippen LogP contribution < -0.4 is 5.73 Å². The Labute approximate surface area is 79.4 Å². The van der Waals surface area contributed by atoms with Gasteiger partial charge >= 0.3 is 0 Å². The van der Waals surface area contributed by atoms with E-state index in [4.69, 9.17) is 5.73 Å². The van der Waals surface area contributed by atoms with Crippen molar-refractivity contribution in [3.63, 3.8) is 0 Å². The highest BCUT2D eigenvalue weighted by molar-refractivity contribution is 5.22. The molecule has 2 N–H and O–H groups in total. The van der Waals surface area contributed by atoms with Gasteiger partial charge in [-0.15, -0.1) is 0 Å². The van der Waals surface area contributed by atoms with Crippen molar-refractivity contribution in [3.05, 3.63) is 11.9 Å². The number of hydrogen-bond acceptors (Lipinski definition) is 3. The topological polar surface area (TPSA) is 47.1 Å². The van der Waals surface area contributed by atoms with Gasteiger partial charge in [0.25, 0.3) is 0 Å². The van der Waals surface area contributed by atoms with E-state index >= 15 is 0 Å². The molecule has 0 spiro atoms. The minimum atomic E-state index is 0.378. The number of nitrogen functional groups attached to an aromatic ring is 1. The summed E-state index contributed by atoms with van der Waals surface area (Å²) in [6, 6.07) is 0.378. The molecular formula is C9H18N4. The van der Waals surface area contributed by atoms with Gasteiger partial charge in [0.2, 0.25) is 5.95 Å². The van der Waals surface area contributed by atoms with Gasteiger partial charge in [-0.2, -0.15) is 0 Å². The van der Waals surface area contributed by atoms with Gasteiger partial charge in [0, 0.05) is 18.8 Å². The molecule has 1 aromatic heterocycles. The van der Waals surface area contributed by atoms with Crippen molar-refractivity contribution in [2.75, 3.05) is 19.8 Å². The maximum atomic E-state index is 5.75. The molecule has 0 radical (unpaired) electrons. The average molecular weight is 182 g/mol. The lowest BCUT2D eigenvalue weighted by atomic mass is 10.4. The molecule has 0 fully saturated rings. The van der Waals surface area contributed by atoms with E-state index in [0.717, 1.165) is 12.2 Å². The fraction of sp³-hybridized carbons (Fsp3) is 0.667. The molecule has 0 amide bonds. The van der Waals surface area contributed by atoms with Gasteiger partial charge in [-0.1, -0.05) is 0 Å². The van der Waals surface area contributed by atoms with Crippen LogP contribution in [0.5, 0.6) is 0 Å². The van der Waals surface area contributed by atoms with Gasteiger partial charge in [0.15, 0.2) is 0 Å². The second-order valence-electron chi connectivity index (χ2n) is 3.83. The zero-order valence-corrected chi connectivity index (χ0v) is 8.78. The predicted molar refractivity (Wildman–Crippen MR) is 54.4 cm³/mol. The molecule has 0 aliphatic carbocycles. The lowest BCUT2D eigenvalue weighted by Gasteiger charge is -2.07. The summed E-state index contributed by atoms with van der Waals surface area (Å²) < 4.78 is 1.98. The number of rotatable bonds is 3. The maximum absolute atomic E-state index is 5.75. The van der Waals surface area contributed by atoms with E-state index in [9.17, 15) is 0 Å². The Kier molecular flexibility index (Phi) is 2.93. The highest BCUT2D eigenvalue weighted by Crippen LogP contribution is 2.13. The number of hydrogen-bond donors (Lipinski definition) is 1. The third kappa shape index (κ3) is 2.45. The van der Waals surface area contributed by atoms with E-state index in [1.54, 1.807) is 0 Å². The summed E-state index contributed by atoms with van der Waals surface area (Å²) in [5.74, 6) is 0.604. The SMILES string of the molecule is CC(C)n1cc(CN(C)C)nc1N. The minimum absolute atomic E-state index is 0.378. The van der Waals surface area contributed by atoms with Gasteiger partial charge in [0.1, 0.15) is 0 Å². The molecule has 1 aromatic rings. The average Bonchev–Trinajstić information content (AvgIpc) is 2.29. The van der Waals surface area contributed by atoms with Crippen molar-refractivity contribution in [1.82, 2.24) is 14.5 Å². The zero-order valence-electron chi connectivity index (χ0n) is 8.78. The normalized spacial score (nSPS) is 11.5. The van der Waals surface area contributed by atoms with Gasteiger partial charge < -0.3 is 15.2 Å². The van der Waals surface area contributed by atoms with E-state index < -0.39 is 0 Å². The number of anilines is 1. The van der Waals surface area contributed by atoms with Crippen molar-refractivity contribution < 1.29 is 0 Å². The number of aromatic nitrogens is 2. The molecule has 4 heteroatoms. The summed E-state index contributed by atoms with van der Waals surface area (Å²) in [6.45, 7) is 5.03. The first-order chi connectivity index (χ1) is 6.00. The van der Waals surface area contributed by atoms with E-state index in [2.05, 4.69) is 23.7 Å². The first-order valence-corrected chi connectivity index (χ1v) is 4.48. The Morgan fingerprint density at radius 2 is 2.15 bits per heavy atom. The highest BCUT2D eigenvalue weighted by atomic mass is 15.2. The molecule has 0 saturated heterocycles. The summed E-state index contributed by atoms with van der Waals surface area (Å²) in [5, 5.41) is 0. The van der Waals surface area contributed by atoms with Gasteiger partial charge in [-0.3, -0.25) is 0 Å². The Bertz CT molecular complexity index is 275. The predicted octanol–water partition coefficient (Wildman–Crippen LogP) is 1.11. The molecule has 1 rings (SSSR count). The molecule has 4 nitrogen and oxygen atoms in total. The van der Waals surface area contributed by atoms with Crippen LogP contribution in [0.4, 0.5) is 5.95 Å². The van der Waals surface area contributed by atoms with Crippen LogP contribution in [-0.2, 0) is 6.54 Å². The summed E-state index contributed by atoms with van der Waals surface area (Å²) in [6.07, 6.45) is 2.01. The number of nitrogens with two attached hydrogens (primary N) is 1. The van der Waals surface area contributed by atoms with Crippen molar-refractivity contribution in [2.45, 2.75) is 26.4 Å². The van der Waals surface area contributed by atoms with Crippen LogP contribution in [0.1, 0.15) is 25.6 Å². The van der Waals surface area contributed by atoms with Crippen LogP contribution in [0, 0.1) is 0 Å². The van der Waals surface area contributed by atoms with Crippen molar-refractivity contribution >= 4 is 5.95 Å². The van der Waals surface area contributed by atoms with Crippen LogP contribution in [0.2, 0.25) is 0 Å². The highest BCUT2D eigenvalue weighted by Gasteiger charge is 2.07. The van der Waals surface area contributed by atoms with Crippen LogP contribution >= 0.6 is 0 Å². The molecule has 0 aliphatic rings. The minimum Gasteiger partial charge on any atom is -0.369 e. The fourth-order valence-electron chi connectivity index (χ4n) is 1.27. The summed E-state index contributed by atoms with van der Waals surface area (Å²) in [7, 11) is 4.04. The first kappa shape index (κ1) is 10.1. The van der Waals surface area contributed by atoms with E-state index in [1.165, 1.54) is 0 Å². The molecule has 0 bridgehead atoms. The van der Waals surface area contributed by atoms with Crippen LogP contribution in [0.3, 0.4) is 0 Å². The molecule has 1 heterocycles. The third-order valence-corrected chi connectivity index (χ3v) is 1.85. The van der Waals surface area contributed by atoms with Gasteiger partial charge in [-0.05, 0) is 27.9 Å². The monoisotopic (exact) mass is 182 g/mol. The van der Waals surface area contributed by atoms with Gasteiger partial charge in [-0.25, -0.2) is 4.98 Å². The molecule has 13 heavy (non-hydrogen) atoms. The molecule has 0 unspecified atom stereocenters. The smallest absolute Gasteiger partial charge is 0.200 e. The van der Waals surface area contributed by atoms with E-state index in [1.807, 2.05) is 24.9 Å². The largest absolute Gasteiger partial charge is 0.369 e. The quantitative estimate of drug-likeness (QED) is 0.761. The van der Waals surface area contributed by atoms with Crippen LogP contribution in [0.25, 0.3) is 0 Å². The number of nitrogens with zero attached hydrogens (tertiary/aromatic N) is 3. The second-order valence-corrected chi connectivity index (χ2v) is 3.83. The molecule has 74 valence electrons. The van der Waals surface area contributed by atoms with Gasteiger partial charge in [0.05, 0.1) is 5.69 Å². The zero-order chi connectivity index (χ0) is 10.0. The molecule has 0 atom stereocenters. The Hall–Kier alpha value is -1.03. The van der Waals surface area contributed by atoms with E-state index in [0.29, 0.717) is 12.0 Å². The van der Waals surface area contributed by atoms with Crippen molar-refractivity contribution in [2.24, 2.45) is 0 Å². The summed E-state index contributed by atoms with van der Waals surface area (Å²) in [5.41, 5.74) is 6.78. The third-order valence-electron chi connectivity index (χ3n) is 1.85. The lowest BCUT2D eigenvalue weighted by Crippen LogP contribution is -2.10.